The van der Waals surface area contributed by atoms with Crippen molar-refractivity contribution < 1.29 is 14.6 Å². The molecule has 80 valence electrons. The molecule has 0 aliphatic heterocycles. The van der Waals surface area contributed by atoms with Gasteiger partial charge in [-0.3, -0.25) is 0 Å². The van der Waals surface area contributed by atoms with E-state index in [4.69, 9.17) is 9.47 Å². The van der Waals surface area contributed by atoms with E-state index in [1.54, 1.807) is 0 Å². The Labute approximate surface area is 81.0 Å². The van der Waals surface area contributed by atoms with Gasteiger partial charge in [0.2, 0.25) is 0 Å². The molecule has 2 atom stereocenters. The molecule has 0 heterocycles. The van der Waals surface area contributed by atoms with Gasteiger partial charge in [0.1, 0.15) is 0 Å². The Hall–Kier alpha value is -0.120. The Morgan fingerprint density at radius 2 is 1.85 bits per heavy atom. The Morgan fingerprint density at radius 3 is 2.31 bits per heavy atom. The Kier molecular flexibility index (Phi) is 8.40. The molecule has 2 unspecified atom stereocenters. The molecule has 0 aliphatic rings. The summed E-state index contributed by atoms with van der Waals surface area (Å²) in [7, 11) is 0. The van der Waals surface area contributed by atoms with Crippen molar-refractivity contribution in [1.29, 1.82) is 0 Å². The van der Waals surface area contributed by atoms with E-state index >= 15 is 0 Å². The monoisotopic (exact) mass is 190 g/mol. The van der Waals surface area contributed by atoms with E-state index in [0.29, 0.717) is 13.0 Å². The molecule has 3 heteroatoms. The van der Waals surface area contributed by atoms with E-state index in [-0.39, 0.29) is 6.29 Å². The summed E-state index contributed by atoms with van der Waals surface area (Å²) in [6.07, 6.45) is 2.61. The lowest BCUT2D eigenvalue weighted by Crippen LogP contribution is -2.23. The molecular formula is C10H22O3. The highest BCUT2D eigenvalue weighted by molar-refractivity contribution is 4.43. The molecule has 13 heavy (non-hydrogen) atoms. The van der Waals surface area contributed by atoms with E-state index in [2.05, 4.69) is 6.92 Å². The number of rotatable bonds is 8. The van der Waals surface area contributed by atoms with E-state index < -0.39 is 6.29 Å². The van der Waals surface area contributed by atoms with Gasteiger partial charge in [-0.25, -0.2) is 0 Å². The van der Waals surface area contributed by atoms with Crippen molar-refractivity contribution in [2.45, 2.75) is 59.0 Å². The zero-order chi connectivity index (χ0) is 10.1. The van der Waals surface area contributed by atoms with Gasteiger partial charge in [-0.05, 0) is 19.3 Å². The van der Waals surface area contributed by atoms with Gasteiger partial charge in [0.25, 0.3) is 0 Å². The van der Waals surface area contributed by atoms with Crippen LogP contribution in [0.25, 0.3) is 0 Å². The molecule has 0 aromatic heterocycles. The van der Waals surface area contributed by atoms with Crippen LogP contribution in [0.3, 0.4) is 0 Å². The van der Waals surface area contributed by atoms with Gasteiger partial charge in [-0.2, -0.15) is 0 Å². The maximum Gasteiger partial charge on any atom is 0.160 e. The van der Waals surface area contributed by atoms with Crippen LogP contribution in [-0.2, 0) is 9.47 Å². The minimum absolute atomic E-state index is 0.249. The van der Waals surface area contributed by atoms with Crippen molar-refractivity contribution in [2.24, 2.45) is 0 Å². The predicted molar refractivity (Wildman–Crippen MR) is 52.3 cm³/mol. The second-order valence-electron chi connectivity index (χ2n) is 3.06. The number of ether oxygens (including phenoxy) is 2. The lowest BCUT2D eigenvalue weighted by molar-refractivity contribution is -0.229. The smallest absolute Gasteiger partial charge is 0.160 e. The lowest BCUT2D eigenvalue weighted by Gasteiger charge is -2.19. The van der Waals surface area contributed by atoms with Crippen molar-refractivity contribution in [2.75, 3.05) is 6.61 Å². The first-order valence-electron chi connectivity index (χ1n) is 5.19. The minimum atomic E-state index is -0.688. The maximum absolute atomic E-state index is 9.21. The van der Waals surface area contributed by atoms with E-state index in [1.807, 2.05) is 13.8 Å². The largest absolute Gasteiger partial charge is 0.368 e. The molecular weight excluding hydrogens is 168 g/mol. The second kappa shape index (κ2) is 8.48. The van der Waals surface area contributed by atoms with Crippen molar-refractivity contribution in [3.05, 3.63) is 0 Å². The number of hydrogen-bond acceptors (Lipinski definition) is 3. The molecule has 0 amide bonds. The summed E-state index contributed by atoms with van der Waals surface area (Å²) in [4.78, 5) is 0. The molecule has 0 aromatic carbocycles. The molecule has 3 nitrogen and oxygen atoms in total. The molecule has 0 spiro atoms. The highest BCUT2D eigenvalue weighted by atomic mass is 16.7. The number of aliphatic hydroxyl groups excluding tert-OH is 1. The standard InChI is InChI=1S/C10H22O3/c1-4-7-8-12-10(6-3)13-9(11)5-2/h9-11H,4-8H2,1-3H3. The lowest BCUT2D eigenvalue weighted by atomic mass is 10.3. The van der Waals surface area contributed by atoms with Crippen LogP contribution < -0.4 is 0 Å². The fraction of sp³-hybridized carbons (Fsp3) is 1.00. The Morgan fingerprint density at radius 1 is 1.15 bits per heavy atom. The average molecular weight is 190 g/mol. The van der Waals surface area contributed by atoms with Gasteiger partial charge in [0.15, 0.2) is 12.6 Å². The highest BCUT2D eigenvalue weighted by Gasteiger charge is 2.10. The van der Waals surface area contributed by atoms with Gasteiger partial charge >= 0.3 is 0 Å². The van der Waals surface area contributed by atoms with Gasteiger partial charge < -0.3 is 14.6 Å². The normalized spacial score (nSPS) is 15.7. The Bertz CT molecular complexity index is 106. The van der Waals surface area contributed by atoms with Crippen molar-refractivity contribution in [3.63, 3.8) is 0 Å². The van der Waals surface area contributed by atoms with E-state index in [1.165, 1.54) is 0 Å². The number of unbranched alkanes of at least 4 members (excludes halogenated alkanes) is 1. The summed E-state index contributed by atoms with van der Waals surface area (Å²) >= 11 is 0. The fourth-order valence-corrected chi connectivity index (χ4v) is 0.884. The van der Waals surface area contributed by atoms with Crippen LogP contribution in [0, 0.1) is 0 Å². The molecule has 0 saturated carbocycles. The summed E-state index contributed by atoms with van der Waals surface area (Å²) in [5.74, 6) is 0. The molecule has 0 rings (SSSR count). The number of aliphatic hydroxyl groups is 1. The van der Waals surface area contributed by atoms with Crippen molar-refractivity contribution in [3.8, 4) is 0 Å². The molecule has 1 N–H and O–H groups in total. The van der Waals surface area contributed by atoms with Gasteiger partial charge in [0.05, 0.1) is 0 Å². The zero-order valence-corrected chi connectivity index (χ0v) is 8.95. The van der Waals surface area contributed by atoms with Crippen LogP contribution in [0.5, 0.6) is 0 Å². The summed E-state index contributed by atoms with van der Waals surface area (Å²) in [5, 5.41) is 9.21. The van der Waals surface area contributed by atoms with Gasteiger partial charge in [-0.1, -0.05) is 27.2 Å². The summed E-state index contributed by atoms with van der Waals surface area (Å²) in [6.45, 7) is 6.69. The quantitative estimate of drug-likeness (QED) is 0.471. The molecule has 0 bridgehead atoms. The fourth-order valence-electron chi connectivity index (χ4n) is 0.884. The first-order chi connectivity index (χ1) is 6.24. The van der Waals surface area contributed by atoms with Gasteiger partial charge in [-0.15, -0.1) is 0 Å². The molecule has 0 aliphatic carbocycles. The Balaban J connectivity index is 3.50. The molecule has 0 radical (unpaired) electrons. The third-order valence-electron chi connectivity index (χ3n) is 1.79. The first kappa shape index (κ1) is 12.9. The second-order valence-corrected chi connectivity index (χ2v) is 3.06. The summed E-state index contributed by atoms with van der Waals surface area (Å²) in [6, 6.07) is 0. The predicted octanol–water partition coefficient (Wildman–Crippen LogP) is 2.28. The van der Waals surface area contributed by atoms with Crippen molar-refractivity contribution >= 4 is 0 Å². The van der Waals surface area contributed by atoms with Crippen LogP contribution in [-0.4, -0.2) is 24.3 Å². The van der Waals surface area contributed by atoms with Crippen LogP contribution in [0.4, 0.5) is 0 Å². The van der Waals surface area contributed by atoms with Gasteiger partial charge in [0, 0.05) is 6.61 Å². The molecule has 0 saturated heterocycles. The highest BCUT2D eigenvalue weighted by Crippen LogP contribution is 2.06. The summed E-state index contributed by atoms with van der Waals surface area (Å²) < 4.78 is 10.7. The third kappa shape index (κ3) is 6.99. The minimum Gasteiger partial charge on any atom is -0.368 e. The third-order valence-corrected chi connectivity index (χ3v) is 1.79. The van der Waals surface area contributed by atoms with E-state index in [0.717, 1.165) is 19.3 Å². The SMILES string of the molecule is CCCCOC(CC)OC(O)CC. The van der Waals surface area contributed by atoms with Crippen LogP contribution in [0.2, 0.25) is 0 Å². The molecule has 0 fully saturated rings. The number of hydrogen-bond donors (Lipinski definition) is 1. The summed E-state index contributed by atoms with van der Waals surface area (Å²) in [5.41, 5.74) is 0. The first-order valence-corrected chi connectivity index (χ1v) is 5.19. The maximum atomic E-state index is 9.21. The van der Waals surface area contributed by atoms with Crippen molar-refractivity contribution in [1.82, 2.24) is 0 Å². The van der Waals surface area contributed by atoms with Crippen LogP contribution >= 0.6 is 0 Å². The topological polar surface area (TPSA) is 38.7 Å². The van der Waals surface area contributed by atoms with E-state index in [9.17, 15) is 5.11 Å². The zero-order valence-electron chi connectivity index (χ0n) is 8.95. The molecule has 0 aromatic rings. The van der Waals surface area contributed by atoms with Crippen LogP contribution in [0.1, 0.15) is 46.5 Å². The average Bonchev–Trinajstić information content (AvgIpc) is 2.16. The van der Waals surface area contributed by atoms with Crippen LogP contribution in [0.15, 0.2) is 0 Å².